The third-order valence-electron chi connectivity index (χ3n) is 2.90. The third kappa shape index (κ3) is 4.03. The zero-order valence-electron chi connectivity index (χ0n) is 9.58. The molecule has 2 unspecified atom stereocenters. The first-order chi connectivity index (χ1) is 7.07. The first-order valence-electron chi connectivity index (χ1n) is 5.67. The molecule has 1 aliphatic heterocycles. The second kappa shape index (κ2) is 5.75. The molecule has 1 rings (SSSR count). The summed E-state index contributed by atoms with van der Waals surface area (Å²) in [6, 6.07) is -0.368. The summed E-state index contributed by atoms with van der Waals surface area (Å²) in [5.41, 5.74) is 0. The van der Waals surface area contributed by atoms with Crippen molar-refractivity contribution in [1.29, 1.82) is 0 Å². The van der Waals surface area contributed by atoms with Gasteiger partial charge >= 0.3 is 5.97 Å². The molecule has 0 aliphatic carbocycles. The molecule has 1 fully saturated rings. The summed E-state index contributed by atoms with van der Waals surface area (Å²) in [6.45, 7) is 5.06. The number of rotatable bonds is 6. The molecule has 88 valence electrons. The third-order valence-corrected chi connectivity index (χ3v) is 4.44. The second-order valence-electron chi connectivity index (χ2n) is 4.46. The van der Waals surface area contributed by atoms with Crippen LogP contribution in [0.15, 0.2) is 0 Å². The maximum Gasteiger partial charge on any atom is 0.320 e. The average molecular weight is 231 g/mol. The summed E-state index contributed by atoms with van der Waals surface area (Å²) < 4.78 is 0.251. The Balaban J connectivity index is 2.35. The number of carboxylic acids is 1. The second-order valence-corrected chi connectivity index (χ2v) is 6.14. The molecule has 0 aromatic rings. The quantitative estimate of drug-likeness (QED) is 0.735. The molecule has 0 bridgehead atoms. The van der Waals surface area contributed by atoms with Crippen LogP contribution in [-0.2, 0) is 4.79 Å². The molecule has 1 heterocycles. The van der Waals surface area contributed by atoms with Crippen molar-refractivity contribution in [3.05, 3.63) is 0 Å². The summed E-state index contributed by atoms with van der Waals surface area (Å²) in [7, 11) is 0. The minimum atomic E-state index is -0.719. The molecule has 3 nitrogen and oxygen atoms in total. The van der Waals surface area contributed by atoms with Gasteiger partial charge in [0.25, 0.3) is 0 Å². The first kappa shape index (κ1) is 12.8. The van der Waals surface area contributed by atoms with Crippen molar-refractivity contribution in [3.8, 4) is 0 Å². The molecule has 2 atom stereocenters. The lowest BCUT2D eigenvalue weighted by atomic mass is 10.0. The van der Waals surface area contributed by atoms with Gasteiger partial charge in [0.05, 0.1) is 0 Å². The van der Waals surface area contributed by atoms with Gasteiger partial charge in [-0.05, 0) is 31.9 Å². The summed E-state index contributed by atoms with van der Waals surface area (Å²) in [5.74, 6) is 0.493. The Morgan fingerprint density at radius 2 is 2.40 bits per heavy atom. The average Bonchev–Trinajstić information content (AvgIpc) is 2.60. The fourth-order valence-electron chi connectivity index (χ4n) is 1.92. The minimum Gasteiger partial charge on any atom is -0.480 e. The molecule has 0 saturated carbocycles. The van der Waals surface area contributed by atoms with Crippen molar-refractivity contribution in [2.75, 3.05) is 12.3 Å². The Hall–Kier alpha value is -0.220. The highest BCUT2D eigenvalue weighted by Crippen LogP contribution is 2.37. The highest BCUT2D eigenvalue weighted by Gasteiger charge is 2.30. The molecule has 2 N–H and O–H groups in total. The lowest BCUT2D eigenvalue weighted by Gasteiger charge is -2.25. The van der Waals surface area contributed by atoms with E-state index in [1.165, 1.54) is 18.6 Å². The molecule has 4 heteroatoms. The van der Waals surface area contributed by atoms with E-state index in [0.717, 1.165) is 19.4 Å². The van der Waals surface area contributed by atoms with E-state index in [1.807, 2.05) is 18.7 Å². The van der Waals surface area contributed by atoms with Crippen molar-refractivity contribution >= 4 is 17.7 Å². The van der Waals surface area contributed by atoms with E-state index in [4.69, 9.17) is 5.11 Å². The van der Waals surface area contributed by atoms with Crippen LogP contribution < -0.4 is 5.32 Å². The van der Waals surface area contributed by atoms with E-state index < -0.39 is 5.97 Å². The number of nitrogens with one attached hydrogen (secondary N) is 1. The molecular weight excluding hydrogens is 210 g/mol. The zero-order chi connectivity index (χ0) is 11.3. The monoisotopic (exact) mass is 231 g/mol. The molecule has 0 radical (unpaired) electrons. The van der Waals surface area contributed by atoms with Crippen LogP contribution in [-0.4, -0.2) is 34.2 Å². The van der Waals surface area contributed by atoms with Gasteiger partial charge in [0.1, 0.15) is 6.04 Å². The maximum atomic E-state index is 10.9. The number of aliphatic carboxylic acids is 1. The van der Waals surface area contributed by atoms with Crippen LogP contribution in [0.5, 0.6) is 0 Å². The fourth-order valence-corrected chi connectivity index (χ4v) is 3.17. The number of hydrogen-bond donors (Lipinski definition) is 2. The molecule has 15 heavy (non-hydrogen) atoms. The van der Waals surface area contributed by atoms with Gasteiger partial charge in [-0.1, -0.05) is 13.3 Å². The van der Waals surface area contributed by atoms with E-state index >= 15 is 0 Å². The van der Waals surface area contributed by atoms with Crippen LogP contribution in [0.4, 0.5) is 0 Å². The van der Waals surface area contributed by atoms with E-state index in [1.54, 1.807) is 0 Å². The van der Waals surface area contributed by atoms with Gasteiger partial charge in [0, 0.05) is 11.3 Å². The highest BCUT2D eigenvalue weighted by atomic mass is 32.2. The lowest BCUT2D eigenvalue weighted by Crippen LogP contribution is -2.43. The van der Waals surface area contributed by atoms with E-state index in [-0.39, 0.29) is 10.8 Å². The van der Waals surface area contributed by atoms with Gasteiger partial charge < -0.3 is 10.4 Å². The normalized spacial score (nSPS) is 27.9. The van der Waals surface area contributed by atoms with Crippen LogP contribution in [0.1, 0.15) is 39.5 Å². The van der Waals surface area contributed by atoms with Gasteiger partial charge in [0.15, 0.2) is 0 Å². The van der Waals surface area contributed by atoms with Crippen molar-refractivity contribution < 1.29 is 9.90 Å². The van der Waals surface area contributed by atoms with Crippen LogP contribution in [0.25, 0.3) is 0 Å². The summed E-state index contributed by atoms with van der Waals surface area (Å²) in [5, 5.41) is 12.2. The van der Waals surface area contributed by atoms with Crippen molar-refractivity contribution in [3.63, 3.8) is 0 Å². The standard InChI is InChI=1S/C11H21NO2S/c1-3-5-9(10(13)14)12-8-11(2)6-4-7-15-11/h9,12H,3-8H2,1-2H3,(H,13,14). The van der Waals surface area contributed by atoms with Crippen LogP contribution in [0.3, 0.4) is 0 Å². The Morgan fingerprint density at radius 3 is 2.87 bits per heavy atom. The zero-order valence-corrected chi connectivity index (χ0v) is 10.4. The molecule has 1 aliphatic rings. The molecule has 0 spiro atoms. The van der Waals surface area contributed by atoms with Gasteiger partial charge in [-0.15, -0.1) is 0 Å². The Bertz CT molecular complexity index is 215. The predicted molar refractivity (Wildman–Crippen MR) is 64.4 cm³/mol. The SMILES string of the molecule is CCCC(NCC1(C)CCCS1)C(=O)O. The summed E-state index contributed by atoms with van der Waals surface area (Å²) in [6.07, 6.45) is 4.08. The lowest BCUT2D eigenvalue weighted by molar-refractivity contribution is -0.139. The highest BCUT2D eigenvalue weighted by molar-refractivity contribution is 8.00. The first-order valence-corrected chi connectivity index (χ1v) is 6.66. The van der Waals surface area contributed by atoms with Gasteiger partial charge in [-0.25, -0.2) is 0 Å². The Kier molecular flexibility index (Phi) is 4.93. The van der Waals surface area contributed by atoms with Crippen molar-refractivity contribution in [2.24, 2.45) is 0 Å². The topological polar surface area (TPSA) is 49.3 Å². The Labute approximate surface area is 96.0 Å². The number of carboxylic acid groups (broad SMARTS) is 1. The minimum absolute atomic E-state index is 0.251. The van der Waals surface area contributed by atoms with Crippen LogP contribution in [0, 0.1) is 0 Å². The Morgan fingerprint density at radius 1 is 1.67 bits per heavy atom. The van der Waals surface area contributed by atoms with Gasteiger partial charge in [0.2, 0.25) is 0 Å². The maximum absolute atomic E-state index is 10.9. The van der Waals surface area contributed by atoms with Gasteiger partial charge in [-0.3, -0.25) is 4.79 Å². The molecular formula is C11H21NO2S. The van der Waals surface area contributed by atoms with E-state index in [9.17, 15) is 4.79 Å². The van der Waals surface area contributed by atoms with E-state index in [2.05, 4.69) is 12.2 Å². The fraction of sp³-hybridized carbons (Fsp3) is 0.909. The van der Waals surface area contributed by atoms with Crippen molar-refractivity contribution in [1.82, 2.24) is 5.32 Å². The van der Waals surface area contributed by atoms with Crippen LogP contribution >= 0.6 is 11.8 Å². The molecule has 0 aromatic heterocycles. The molecule has 0 amide bonds. The summed E-state index contributed by atoms with van der Waals surface area (Å²) in [4.78, 5) is 10.9. The molecule has 0 aromatic carbocycles. The number of hydrogen-bond acceptors (Lipinski definition) is 3. The largest absolute Gasteiger partial charge is 0.480 e. The smallest absolute Gasteiger partial charge is 0.320 e. The molecule has 1 saturated heterocycles. The van der Waals surface area contributed by atoms with E-state index in [0.29, 0.717) is 0 Å². The summed E-state index contributed by atoms with van der Waals surface area (Å²) >= 11 is 1.96. The predicted octanol–water partition coefficient (Wildman–Crippen LogP) is 2.11. The number of thioether (sulfide) groups is 1. The van der Waals surface area contributed by atoms with Crippen molar-refractivity contribution in [2.45, 2.75) is 50.3 Å². The van der Waals surface area contributed by atoms with Crippen LogP contribution in [0.2, 0.25) is 0 Å². The number of carbonyl (C=O) groups is 1. The van der Waals surface area contributed by atoms with Gasteiger partial charge in [-0.2, -0.15) is 11.8 Å².